The molecule has 1 aromatic carbocycles. The van der Waals surface area contributed by atoms with Crippen molar-refractivity contribution in [2.24, 2.45) is 17.8 Å². The number of nitriles is 1. The molecule has 3 heteroatoms. The monoisotopic (exact) mass is 373 g/mol. The van der Waals surface area contributed by atoms with E-state index in [1.807, 2.05) is 0 Å². The third kappa shape index (κ3) is 5.09. The lowest BCUT2D eigenvalue weighted by Crippen LogP contribution is -2.30. The van der Waals surface area contributed by atoms with Gasteiger partial charge in [0.1, 0.15) is 23.3 Å². The average Bonchev–Trinajstić information content (AvgIpc) is 2.67. The van der Waals surface area contributed by atoms with Gasteiger partial charge in [0, 0.05) is 0 Å². The van der Waals surface area contributed by atoms with Crippen LogP contribution in [0.5, 0.6) is 0 Å². The predicted molar refractivity (Wildman–Crippen MR) is 105 cm³/mol. The van der Waals surface area contributed by atoms with Gasteiger partial charge in [0.25, 0.3) is 0 Å². The van der Waals surface area contributed by atoms with E-state index in [0.717, 1.165) is 30.2 Å². The van der Waals surface area contributed by atoms with E-state index in [1.165, 1.54) is 76.3 Å². The van der Waals surface area contributed by atoms with Crippen molar-refractivity contribution in [2.45, 2.75) is 89.9 Å². The van der Waals surface area contributed by atoms with Crippen LogP contribution in [0.1, 0.15) is 101 Å². The highest BCUT2D eigenvalue weighted by atomic mass is 19.1. The predicted octanol–water partition coefficient (Wildman–Crippen LogP) is 7.50. The van der Waals surface area contributed by atoms with Crippen LogP contribution in [-0.4, -0.2) is 0 Å². The first-order valence-corrected chi connectivity index (χ1v) is 11.0. The minimum atomic E-state index is -0.707. The van der Waals surface area contributed by atoms with Crippen molar-refractivity contribution in [3.8, 4) is 6.07 Å². The van der Waals surface area contributed by atoms with Gasteiger partial charge in [-0.05, 0) is 73.5 Å². The molecule has 2 fully saturated rings. The fourth-order valence-electron chi connectivity index (χ4n) is 5.52. The summed E-state index contributed by atoms with van der Waals surface area (Å²) in [6, 6.07) is 4.42. The first-order chi connectivity index (χ1) is 13.1. The van der Waals surface area contributed by atoms with Crippen molar-refractivity contribution < 1.29 is 8.78 Å². The highest BCUT2D eigenvalue weighted by Gasteiger charge is 2.36. The van der Waals surface area contributed by atoms with Crippen molar-refractivity contribution in [2.75, 3.05) is 0 Å². The molecule has 27 heavy (non-hydrogen) atoms. The maximum Gasteiger partial charge on any atom is 0.144 e. The van der Waals surface area contributed by atoms with E-state index in [2.05, 4.69) is 6.92 Å². The molecule has 1 aromatic rings. The lowest BCUT2D eigenvalue weighted by molar-refractivity contribution is 0.113. The van der Waals surface area contributed by atoms with Gasteiger partial charge in [-0.25, -0.2) is 8.78 Å². The van der Waals surface area contributed by atoms with Crippen LogP contribution in [-0.2, 0) is 0 Å². The van der Waals surface area contributed by atoms with Crippen LogP contribution in [0.25, 0.3) is 0 Å². The number of nitrogens with zero attached hydrogens (tertiary/aromatic N) is 1. The summed E-state index contributed by atoms with van der Waals surface area (Å²) < 4.78 is 28.0. The molecule has 2 aliphatic carbocycles. The van der Waals surface area contributed by atoms with Gasteiger partial charge in [0.15, 0.2) is 0 Å². The van der Waals surface area contributed by atoms with Gasteiger partial charge >= 0.3 is 0 Å². The van der Waals surface area contributed by atoms with E-state index in [-0.39, 0.29) is 5.92 Å². The fourth-order valence-corrected chi connectivity index (χ4v) is 5.52. The third-order valence-electron chi connectivity index (χ3n) is 7.09. The molecule has 2 aliphatic rings. The molecule has 4 atom stereocenters. The molecule has 0 spiro atoms. The molecule has 2 saturated carbocycles. The first kappa shape index (κ1) is 20.3. The lowest BCUT2D eigenvalue weighted by Gasteiger charge is -2.42. The van der Waals surface area contributed by atoms with Crippen molar-refractivity contribution in [3.63, 3.8) is 0 Å². The quantitative estimate of drug-likeness (QED) is 0.454. The second-order valence-electron chi connectivity index (χ2n) is 8.88. The second-order valence-corrected chi connectivity index (χ2v) is 8.88. The van der Waals surface area contributed by atoms with Crippen molar-refractivity contribution in [1.82, 2.24) is 0 Å². The number of unbranched alkanes of at least 4 members (excludes halogenated alkanes) is 4. The summed E-state index contributed by atoms with van der Waals surface area (Å²) in [5.74, 6) is 1.25. The van der Waals surface area contributed by atoms with Crippen LogP contribution in [0.2, 0.25) is 0 Å². The highest BCUT2D eigenvalue weighted by molar-refractivity contribution is 5.36. The minimum absolute atomic E-state index is 0.244. The average molecular weight is 374 g/mol. The Bertz CT molecular complexity index is 640. The van der Waals surface area contributed by atoms with Gasteiger partial charge in [-0.15, -0.1) is 0 Å². The number of fused-ring (bicyclic) bond motifs is 1. The molecule has 0 bridgehead atoms. The van der Waals surface area contributed by atoms with Crippen molar-refractivity contribution in [3.05, 3.63) is 34.9 Å². The van der Waals surface area contributed by atoms with E-state index in [0.29, 0.717) is 5.92 Å². The Kier molecular flexibility index (Phi) is 7.27. The normalized spacial score (nSPS) is 27.8. The summed E-state index contributed by atoms with van der Waals surface area (Å²) in [5.41, 5.74) is 0.298. The van der Waals surface area contributed by atoms with Crippen LogP contribution in [0.15, 0.2) is 12.1 Å². The van der Waals surface area contributed by atoms with Crippen LogP contribution >= 0.6 is 0 Å². The fraction of sp³-hybridized carbons (Fsp3) is 0.708. The molecule has 0 heterocycles. The Hall–Kier alpha value is -1.43. The Labute approximate surface area is 163 Å². The SMILES string of the molecule is CCCCCCC[C@@H]1CC[C@@H]2C[C@H](c3cc(F)c(C#N)c(F)c3)CC[C@@H]2C1. The molecule has 0 saturated heterocycles. The Balaban J connectivity index is 1.52. The Morgan fingerprint density at radius 2 is 1.59 bits per heavy atom. The zero-order chi connectivity index (χ0) is 19.2. The Morgan fingerprint density at radius 1 is 0.926 bits per heavy atom. The van der Waals surface area contributed by atoms with Gasteiger partial charge in [-0.3, -0.25) is 0 Å². The molecule has 3 rings (SSSR count). The summed E-state index contributed by atoms with van der Waals surface area (Å²) in [4.78, 5) is 0. The smallest absolute Gasteiger partial charge is 0.144 e. The van der Waals surface area contributed by atoms with E-state index in [9.17, 15) is 8.78 Å². The van der Waals surface area contributed by atoms with Gasteiger partial charge < -0.3 is 0 Å². The van der Waals surface area contributed by atoms with E-state index in [1.54, 1.807) is 6.07 Å². The van der Waals surface area contributed by atoms with Crippen LogP contribution in [0, 0.1) is 40.7 Å². The summed E-state index contributed by atoms with van der Waals surface area (Å²) in [5, 5.41) is 8.85. The van der Waals surface area contributed by atoms with Gasteiger partial charge in [-0.2, -0.15) is 5.26 Å². The summed E-state index contributed by atoms with van der Waals surface area (Å²) >= 11 is 0. The van der Waals surface area contributed by atoms with Crippen LogP contribution in [0.4, 0.5) is 8.78 Å². The summed E-state index contributed by atoms with van der Waals surface area (Å²) in [6.07, 6.45) is 15.5. The number of benzene rings is 1. The molecule has 0 radical (unpaired) electrons. The Morgan fingerprint density at radius 3 is 2.30 bits per heavy atom. The molecule has 0 aromatic heterocycles. The van der Waals surface area contributed by atoms with E-state index < -0.39 is 17.2 Å². The number of hydrogen-bond acceptors (Lipinski definition) is 1. The standard InChI is InChI=1S/C24H33F2N/c1-2-3-4-5-6-7-17-8-9-19-13-20(11-10-18(19)12-17)21-14-23(25)22(16-27)24(26)15-21/h14-15,17-20H,2-13H2,1H3/t17-,18-,19-,20-/m1/s1. The van der Waals surface area contributed by atoms with E-state index in [4.69, 9.17) is 5.26 Å². The topological polar surface area (TPSA) is 23.8 Å². The zero-order valence-corrected chi connectivity index (χ0v) is 16.7. The highest BCUT2D eigenvalue weighted by Crippen LogP contribution is 2.48. The summed E-state index contributed by atoms with van der Waals surface area (Å²) in [7, 11) is 0. The van der Waals surface area contributed by atoms with Gasteiger partial charge in [-0.1, -0.05) is 51.9 Å². The zero-order valence-electron chi connectivity index (χ0n) is 16.7. The number of rotatable bonds is 7. The lowest BCUT2D eigenvalue weighted by atomic mass is 9.63. The first-order valence-electron chi connectivity index (χ1n) is 11.0. The molecular formula is C24H33F2N. The van der Waals surface area contributed by atoms with Gasteiger partial charge in [0.2, 0.25) is 0 Å². The maximum absolute atomic E-state index is 14.0. The molecule has 0 amide bonds. The van der Waals surface area contributed by atoms with Crippen molar-refractivity contribution in [1.29, 1.82) is 5.26 Å². The number of halogens is 2. The molecule has 0 unspecified atom stereocenters. The third-order valence-corrected chi connectivity index (χ3v) is 7.09. The largest absolute Gasteiger partial charge is 0.205 e. The maximum atomic E-state index is 14.0. The molecule has 0 aliphatic heterocycles. The summed E-state index contributed by atoms with van der Waals surface area (Å²) in [6.45, 7) is 2.26. The van der Waals surface area contributed by atoms with Crippen LogP contribution < -0.4 is 0 Å². The molecule has 0 N–H and O–H groups in total. The number of hydrogen-bond donors (Lipinski definition) is 0. The van der Waals surface area contributed by atoms with E-state index >= 15 is 0 Å². The second kappa shape index (κ2) is 9.67. The minimum Gasteiger partial charge on any atom is -0.205 e. The molecule has 1 nitrogen and oxygen atoms in total. The molecule has 148 valence electrons. The molecular weight excluding hydrogens is 340 g/mol. The van der Waals surface area contributed by atoms with Crippen molar-refractivity contribution >= 4 is 0 Å². The van der Waals surface area contributed by atoms with Gasteiger partial charge in [0.05, 0.1) is 0 Å². The van der Waals surface area contributed by atoms with Crippen LogP contribution in [0.3, 0.4) is 0 Å².